The van der Waals surface area contributed by atoms with Crippen LogP contribution in [0, 0.1) is 0 Å². The molecule has 1 aromatic rings. The molecule has 24 heavy (non-hydrogen) atoms. The highest BCUT2D eigenvalue weighted by atomic mass is 16.2. The van der Waals surface area contributed by atoms with Crippen molar-refractivity contribution in [3.8, 4) is 0 Å². The van der Waals surface area contributed by atoms with Crippen molar-refractivity contribution in [3.05, 3.63) is 29.8 Å². The highest BCUT2D eigenvalue weighted by molar-refractivity contribution is 5.89. The van der Waals surface area contributed by atoms with E-state index in [0.29, 0.717) is 0 Å². The van der Waals surface area contributed by atoms with Crippen LogP contribution in [-0.2, 0) is 5.41 Å². The fourth-order valence-electron chi connectivity index (χ4n) is 3.83. The van der Waals surface area contributed by atoms with Gasteiger partial charge < -0.3 is 16.0 Å². The Balaban J connectivity index is 1.96. The quantitative estimate of drug-likeness (QED) is 0.751. The van der Waals surface area contributed by atoms with Crippen molar-refractivity contribution in [1.29, 1.82) is 0 Å². The van der Waals surface area contributed by atoms with Crippen LogP contribution in [0.3, 0.4) is 0 Å². The van der Waals surface area contributed by atoms with E-state index in [1.807, 2.05) is 12.1 Å². The second-order valence-corrected chi connectivity index (χ2v) is 9.42. The van der Waals surface area contributed by atoms with Gasteiger partial charge in [-0.3, -0.25) is 0 Å². The first-order valence-corrected chi connectivity index (χ1v) is 8.84. The number of amides is 2. The Bertz CT molecular complexity index is 566. The summed E-state index contributed by atoms with van der Waals surface area (Å²) in [7, 11) is 0. The fourth-order valence-corrected chi connectivity index (χ4v) is 3.83. The lowest BCUT2D eigenvalue weighted by Gasteiger charge is -2.46. The minimum Gasteiger partial charge on any atom is -0.335 e. The monoisotopic (exact) mass is 331 g/mol. The van der Waals surface area contributed by atoms with E-state index in [2.05, 4.69) is 76.5 Å². The minimum atomic E-state index is -0.128. The van der Waals surface area contributed by atoms with Crippen molar-refractivity contribution < 1.29 is 4.79 Å². The molecule has 2 amide bonds. The molecule has 2 rings (SSSR count). The Morgan fingerprint density at radius 1 is 1.04 bits per heavy atom. The first-order chi connectivity index (χ1) is 10.9. The van der Waals surface area contributed by atoms with Gasteiger partial charge in [-0.2, -0.15) is 0 Å². The predicted molar refractivity (Wildman–Crippen MR) is 102 cm³/mol. The molecule has 1 fully saturated rings. The Kier molecular flexibility index (Phi) is 5.01. The molecule has 0 radical (unpaired) electrons. The molecule has 4 heteroatoms. The number of rotatable bonds is 2. The van der Waals surface area contributed by atoms with E-state index in [-0.39, 0.29) is 28.6 Å². The summed E-state index contributed by atoms with van der Waals surface area (Å²) in [4.78, 5) is 12.3. The Hall–Kier alpha value is -1.55. The molecular formula is C20H33N3O. The van der Waals surface area contributed by atoms with Crippen molar-refractivity contribution in [1.82, 2.24) is 10.6 Å². The molecular weight excluding hydrogens is 298 g/mol. The van der Waals surface area contributed by atoms with Crippen molar-refractivity contribution >= 4 is 11.7 Å². The first kappa shape index (κ1) is 18.8. The predicted octanol–water partition coefficient (Wildman–Crippen LogP) is 4.41. The van der Waals surface area contributed by atoms with Crippen LogP contribution >= 0.6 is 0 Å². The van der Waals surface area contributed by atoms with Crippen LogP contribution in [0.2, 0.25) is 0 Å². The number of carbonyl (C=O) groups excluding carboxylic acids is 1. The molecule has 0 saturated carbocycles. The van der Waals surface area contributed by atoms with Gasteiger partial charge in [0, 0.05) is 22.8 Å². The van der Waals surface area contributed by atoms with Crippen LogP contribution < -0.4 is 16.0 Å². The lowest BCUT2D eigenvalue weighted by atomic mass is 9.80. The number of benzene rings is 1. The summed E-state index contributed by atoms with van der Waals surface area (Å²) in [5, 5.41) is 9.72. The molecule has 1 aliphatic rings. The van der Waals surface area contributed by atoms with Crippen molar-refractivity contribution in [2.75, 3.05) is 5.32 Å². The van der Waals surface area contributed by atoms with Crippen LogP contribution in [0.25, 0.3) is 0 Å². The topological polar surface area (TPSA) is 53.2 Å². The van der Waals surface area contributed by atoms with Crippen molar-refractivity contribution in [2.24, 2.45) is 0 Å². The van der Waals surface area contributed by atoms with Crippen LogP contribution in [0.4, 0.5) is 10.5 Å². The fraction of sp³-hybridized carbons (Fsp3) is 0.650. The maximum absolute atomic E-state index is 12.3. The third-order valence-corrected chi connectivity index (χ3v) is 4.53. The van der Waals surface area contributed by atoms with Gasteiger partial charge >= 0.3 is 6.03 Å². The standard InChI is InChI=1S/C20H33N3O/c1-18(2,3)14-8-10-15(11-9-14)21-17(24)22-16-12-19(4,5)23-20(6,7)13-16/h8-11,16,23H,12-13H2,1-7H3,(H2,21,22,24). The maximum Gasteiger partial charge on any atom is 0.319 e. The van der Waals surface area contributed by atoms with E-state index in [1.165, 1.54) is 5.56 Å². The molecule has 0 bridgehead atoms. The number of anilines is 1. The largest absolute Gasteiger partial charge is 0.335 e. The van der Waals surface area contributed by atoms with Gasteiger partial charge in [-0.25, -0.2) is 4.79 Å². The van der Waals surface area contributed by atoms with Crippen molar-refractivity contribution in [2.45, 2.75) is 83.8 Å². The average molecular weight is 332 g/mol. The molecule has 3 N–H and O–H groups in total. The Labute approximate surface area is 146 Å². The van der Waals surface area contributed by atoms with Gasteiger partial charge in [0.05, 0.1) is 0 Å². The molecule has 1 aliphatic heterocycles. The molecule has 1 heterocycles. The lowest BCUT2D eigenvalue weighted by Crippen LogP contribution is -2.62. The highest BCUT2D eigenvalue weighted by Crippen LogP contribution is 2.28. The zero-order chi connectivity index (χ0) is 18.2. The number of hydrogen-bond donors (Lipinski definition) is 3. The van der Waals surface area contributed by atoms with Gasteiger partial charge in [-0.1, -0.05) is 32.9 Å². The highest BCUT2D eigenvalue weighted by Gasteiger charge is 2.38. The number of hydrogen-bond acceptors (Lipinski definition) is 2. The summed E-state index contributed by atoms with van der Waals surface area (Å²) in [5.74, 6) is 0. The molecule has 0 aromatic heterocycles. The van der Waals surface area contributed by atoms with Crippen LogP contribution in [0.15, 0.2) is 24.3 Å². The summed E-state index contributed by atoms with van der Waals surface area (Å²) in [6, 6.07) is 8.13. The summed E-state index contributed by atoms with van der Waals surface area (Å²) in [6.45, 7) is 15.3. The molecule has 4 nitrogen and oxygen atoms in total. The van der Waals surface area contributed by atoms with E-state index in [0.717, 1.165) is 18.5 Å². The van der Waals surface area contributed by atoms with E-state index in [9.17, 15) is 4.79 Å². The molecule has 0 atom stereocenters. The number of carbonyl (C=O) groups is 1. The second kappa shape index (κ2) is 6.40. The van der Waals surface area contributed by atoms with Crippen LogP contribution in [-0.4, -0.2) is 23.2 Å². The third kappa shape index (κ3) is 5.23. The zero-order valence-electron chi connectivity index (χ0n) is 16.2. The summed E-state index contributed by atoms with van der Waals surface area (Å²) < 4.78 is 0. The smallest absolute Gasteiger partial charge is 0.319 e. The van der Waals surface area contributed by atoms with E-state index < -0.39 is 0 Å². The van der Waals surface area contributed by atoms with Gasteiger partial charge in [0.1, 0.15) is 0 Å². The van der Waals surface area contributed by atoms with E-state index >= 15 is 0 Å². The molecule has 0 spiro atoms. The van der Waals surface area contributed by atoms with Gasteiger partial charge in [-0.05, 0) is 63.6 Å². The van der Waals surface area contributed by atoms with E-state index in [1.54, 1.807) is 0 Å². The number of nitrogens with one attached hydrogen (secondary N) is 3. The summed E-state index contributed by atoms with van der Waals surface area (Å²) in [5.41, 5.74) is 2.25. The minimum absolute atomic E-state index is 0.0219. The van der Waals surface area contributed by atoms with Gasteiger partial charge in [0.15, 0.2) is 0 Å². The molecule has 1 saturated heterocycles. The van der Waals surface area contributed by atoms with Gasteiger partial charge in [0.25, 0.3) is 0 Å². The normalized spacial score (nSPS) is 20.5. The molecule has 0 unspecified atom stereocenters. The SMILES string of the molecule is CC1(C)CC(NC(=O)Nc2ccc(C(C)(C)C)cc2)CC(C)(C)N1. The summed E-state index contributed by atoms with van der Waals surface area (Å²) >= 11 is 0. The van der Waals surface area contributed by atoms with Crippen LogP contribution in [0.1, 0.15) is 66.9 Å². The lowest BCUT2D eigenvalue weighted by molar-refractivity contribution is 0.149. The molecule has 134 valence electrons. The van der Waals surface area contributed by atoms with Gasteiger partial charge in [0.2, 0.25) is 0 Å². The second-order valence-electron chi connectivity index (χ2n) is 9.42. The number of piperidine rings is 1. The summed E-state index contributed by atoms with van der Waals surface area (Å²) in [6.07, 6.45) is 1.85. The Morgan fingerprint density at radius 3 is 2.00 bits per heavy atom. The van der Waals surface area contributed by atoms with E-state index in [4.69, 9.17) is 0 Å². The van der Waals surface area contributed by atoms with Crippen LogP contribution in [0.5, 0.6) is 0 Å². The zero-order valence-corrected chi connectivity index (χ0v) is 16.2. The first-order valence-electron chi connectivity index (χ1n) is 8.84. The number of urea groups is 1. The maximum atomic E-state index is 12.3. The molecule has 0 aliphatic carbocycles. The third-order valence-electron chi connectivity index (χ3n) is 4.53. The Morgan fingerprint density at radius 2 is 1.54 bits per heavy atom. The molecule has 1 aromatic carbocycles. The van der Waals surface area contributed by atoms with Gasteiger partial charge in [-0.15, -0.1) is 0 Å². The van der Waals surface area contributed by atoms with Crippen molar-refractivity contribution in [3.63, 3.8) is 0 Å². The average Bonchev–Trinajstić information content (AvgIpc) is 2.33.